The number of hydrogen-bond acceptors (Lipinski definition) is 4. The molecule has 0 aromatic carbocycles. The zero-order valence-corrected chi connectivity index (χ0v) is 9.54. The maximum absolute atomic E-state index is 11.4. The van der Waals surface area contributed by atoms with Crippen molar-refractivity contribution >= 4 is 5.97 Å². The molecule has 0 saturated carbocycles. The molecule has 0 saturated heterocycles. The Labute approximate surface area is 86.2 Å². The number of ether oxygens (including phenoxy) is 1. The van der Waals surface area contributed by atoms with Gasteiger partial charge >= 0.3 is 5.97 Å². The molecule has 0 aliphatic rings. The van der Waals surface area contributed by atoms with Crippen molar-refractivity contribution in [2.24, 2.45) is 11.7 Å². The van der Waals surface area contributed by atoms with Crippen LogP contribution in [0.2, 0.25) is 0 Å². The number of hydrogen-bond donors (Lipinski definition) is 2. The molecule has 4 heteroatoms. The number of rotatable bonds is 6. The van der Waals surface area contributed by atoms with Crippen LogP contribution in [0.15, 0.2) is 0 Å². The molecule has 0 amide bonds. The van der Waals surface area contributed by atoms with Crippen molar-refractivity contribution < 1.29 is 9.53 Å². The number of nitrogens with one attached hydrogen (secondary N) is 1. The Bertz CT molecular complexity index is 172. The van der Waals surface area contributed by atoms with Gasteiger partial charge in [-0.2, -0.15) is 0 Å². The highest BCUT2D eigenvalue weighted by molar-refractivity contribution is 5.72. The molecule has 4 nitrogen and oxygen atoms in total. The summed E-state index contributed by atoms with van der Waals surface area (Å²) in [5, 5.41) is 3.16. The summed E-state index contributed by atoms with van der Waals surface area (Å²) in [6, 6.07) is 0.240. The van der Waals surface area contributed by atoms with Crippen molar-refractivity contribution in [3.8, 4) is 0 Å². The Morgan fingerprint density at radius 2 is 1.93 bits per heavy atom. The van der Waals surface area contributed by atoms with E-state index >= 15 is 0 Å². The van der Waals surface area contributed by atoms with Gasteiger partial charge in [-0.1, -0.05) is 6.92 Å². The Hall–Kier alpha value is -0.610. The molecule has 0 aromatic rings. The van der Waals surface area contributed by atoms with Crippen LogP contribution in [0.5, 0.6) is 0 Å². The second-order valence-corrected chi connectivity index (χ2v) is 3.93. The number of carbonyl (C=O) groups excluding carboxylic acids is 1. The van der Waals surface area contributed by atoms with Crippen LogP contribution < -0.4 is 11.1 Å². The van der Waals surface area contributed by atoms with E-state index in [1.54, 1.807) is 0 Å². The predicted molar refractivity (Wildman–Crippen MR) is 56.9 cm³/mol. The SMILES string of the molecule is CC(CN)NCC(C)C(=O)OC(C)C. The maximum Gasteiger partial charge on any atom is 0.310 e. The van der Waals surface area contributed by atoms with Crippen molar-refractivity contribution in [2.45, 2.75) is 39.8 Å². The third kappa shape index (κ3) is 5.94. The van der Waals surface area contributed by atoms with E-state index in [0.717, 1.165) is 0 Å². The van der Waals surface area contributed by atoms with Gasteiger partial charge < -0.3 is 15.8 Å². The molecule has 0 aliphatic carbocycles. The Balaban J connectivity index is 3.72. The van der Waals surface area contributed by atoms with Crippen molar-refractivity contribution in [1.29, 1.82) is 0 Å². The third-order valence-corrected chi connectivity index (χ3v) is 1.88. The van der Waals surface area contributed by atoms with E-state index in [2.05, 4.69) is 5.32 Å². The largest absolute Gasteiger partial charge is 0.463 e. The average molecular weight is 202 g/mol. The molecular weight excluding hydrogens is 180 g/mol. The minimum absolute atomic E-state index is 0.0446. The highest BCUT2D eigenvalue weighted by Crippen LogP contribution is 2.00. The molecule has 0 heterocycles. The molecule has 3 N–H and O–H groups in total. The normalized spacial score (nSPS) is 15.3. The number of esters is 1. The molecular formula is C10H22N2O2. The molecule has 0 rings (SSSR count). The van der Waals surface area contributed by atoms with E-state index in [9.17, 15) is 4.79 Å². The van der Waals surface area contributed by atoms with Gasteiger partial charge in [0.2, 0.25) is 0 Å². The lowest BCUT2D eigenvalue weighted by molar-refractivity contribution is -0.151. The monoisotopic (exact) mass is 202 g/mol. The third-order valence-electron chi connectivity index (χ3n) is 1.88. The van der Waals surface area contributed by atoms with Gasteiger partial charge in [-0.25, -0.2) is 0 Å². The van der Waals surface area contributed by atoms with Gasteiger partial charge in [0, 0.05) is 19.1 Å². The Morgan fingerprint density at radius 3 is 2.36 bits per heavy atom. The summed E-state index contributed by atoms with van der Waals surface area (Å²) >= 11 is 0. The van der Waals surface area contributed by atoms with E-state index in [1.165, 1.54) is 0 Å². The lowest BCUT2D eigenvalue weighted by atomic mass is 10.1. The van der Waals surface area contributed by atoms with E-state index in [1.807, 2.05) is 27.7 Å². The molecule has 84 valence electrons. The molecule has 14 heavy (non-hydrogen) atoms. The van der Waals surface area contributed by atoms with Gasteiger partial charge in [-0.15, -0.1) is 0 Å². The van der Waals surface area contributed by atoms with Crippen LogP contribution in [0.4, 0.5) is 0 Å². The first-order valence-corrected chi connectivity index (χ1v) is 5.11. The molecule has 0 aromatic heterocycles. The zero-order chi connectivity index (χ0) is 11.1. The number of carbonyl (C=O) groups is 1. The van der Waals surface area contributed by atoms with Crippen LogP contribution in [-0.4, -0.2) is 31.2 Å². The summed E-state index contributed by atoms with van der Waals surface area (Å²) in [7, 11) is 0. The minimum atomic E-state index is -0.156. The molecule has 0 radical (unpaired) electrons. The first kappa shape index (κ1) is 13.4. The van der Waals surface area contributed by atoms with Crippen LogP contribution in [-0.2, 0) is 9.53 Å². The van der Waals surface area contributed by atoms with E-state index < -0.39 is 0 Å². The molecule has 0 fully saturated rings. The van der Waals surface area contributed by atoms with Crippen LogP contribution in [0.1, 0.15) is 27.7 Å². The first-order chi connectivity index (χ1) is 6.47. The van der Waals surface area contributed by atoms with E-state index in [-0.39, 0.29) is 24.0 Å². The highest BCUT2D eigenvalue weighted by atomic mass is 16.5. The molecule has 0 spiro atoms. The topological polar surface area (TPSA) is 64.3 Å². The standard InChI is InChI=1S/C10H22N2O2/c1-7(2)14-10(13)8(3)6-12-9(4)5-11/h7-9,12H,5-6,11H2,1-4H3. The van der Waals surface area contributed by atoms with Gasteiger partial charge in [0.25, 0.3) is 0 Å². The molecule has 2 unspecified atom stereocenters. The second kappa shape index (κ2) is 6.79. The Kier molecular flexibility index (Phi) is 6.49. The summed E-state index contributed by atoms with van der Waals surface area (Å²) in [5.41, 5.74) is 5.44. The fourth-order valence-corrected chi connectivity index (χ4v) is 0.893. The Morgan fingerprint density at radius 1 is 1.36 bits per heavy atom. The summed E-state index contributed by atoms with van der Waals surface area (Å²) < 4.78 is 5.07. The molecule has 0 aliphatic heterocycles. The van der Waals surface area contributed by atoms with Crippen LogP contribution in [0, 0.1) is 5.92 Å². The fraction of sp³-hybridized carbons (Fsp3) is 0.900. The van der Waals surface area contributed by atoms with Crippen LogP contribution >= 0.6 is 0 Å². The second-order valence-electron chi connectivity index (χ2n) is 3.93. The van der Waals surface area contributed by atoms with E-state index in [4.69, 9.17) is 10.5 Å². The smallest absolute Gasteiger partial charge is 0.310 e. The summed E-state index contributed by atoms with van der Waals surface area (Å²) in [6.07, 6.45) is -0.0446. The zero-order valence-electron chi connectivity index (χ0n) is 9.54. The van der Waals surface area contributed by atoms with Crippen LogP contribution in [0.3, 0.4) is 0 Å². The van der Waals surface area contributed by atoms with Crippen LogP contribution in [0.25, 0.3) is 0 Å². The lowest BCUT2D eigenvalue weighted by Crippen LogP contribution is -2.38. The summed E-state index contributed by atoms with van der Waals surface area (Å²) in [6.45, 7) is 8.72. The van der Waals surface area contributed by atoms with Gasteiger partial charge in [-0.3, -0.25) is 4.79 Å². The minimum Gasteiger partial charge on any atom is -0.463 e. The van der Waals surface area contributed by atoms with Crippen molar-refractivity contribution in [1.82, 2.24) is 5.32 Å². The van der Waals surface area contributed by atoms with Gasteiger partial charge in [0.15, 0.2) is 0 Å². The average Bonchev–Trinajstić information content (AvgIpc) is 2.12. The lowest BCUT2D eigenvalue weighted by Gasteiger charge is -2.16. The van der Waals surface area contributed by atoms with Crippen molar-refractivity contribution in [3.05, 3.63) is 0 Å². The van der Waals surface area contributed by atoms with Crippen molar-refractivity contribution in [3.63, 3.8) is 0 Å². The van der Waals surface area contributed by atoms with Crippen molar-refractivity contribution in [2.75, 3.05) is 13.1 Å². The molecule has 0 bridgehead atoms. The van der Waals surface area contributed by atoms with E-state index in [0.29, 0.717) is 13.1 Å². The summed E-state index contributed by atoms with van der Waals surface area (Å²) in [5.74, 6) is -0.275. The predicted octanol–water partition coefficient (Wildman–Crippen LogP) is 0.511. The number of nitrogens with two attached hydrogens (primary N) is 1. The highest BCUT2D eigenvalue weighted by Gasteiger charge is 2.15. The van der Waals surface area contributed by atoms with Gasteiger partial charge in [0.05, 0.1) is 12.0 Å². The fourth-order valence-electron chi connectivity index (χ4n) is 0.893. The molecule has 2 atom stereocenters. The van der Waals surface area contributed by atoms with Gasteiger partial charge in [0.1, 0.15) is 0 Å². The quantitative estimate of drug-likeness (QED) is 0.616. The summed E-state index contributed by atoms with van der Waals surface area (Å²) in [4.78, 5) is 11.4. The first-order valence-electron chi connectivity index (χ1n) is 5.11. The van der Waals surface area contributed by atoms with Gasteiger partial charge in [-0.05, 0) is 20.8 Å². The maximum atomic E-state index is 11.4.